The Morgan fingerprint density at radius 1 is 1.23 bits per heavy atom. The van der Waals surface area contributed by atoms with Crippen LogP contribution in [0.3, 0.4) is 0 Å². The second-order valence-corrected chi connectivity index (χ2v) is 11.2. The molecule has 0 saturated carbocycles. The molecule has 9 heteroatoms. The second kappa shape index (κ2) is 11.7. The van der Waals surface area contributed by atoms with Gasteiger partial charge in [-0.25, -0.2) is 14.2 Å². The van der Waals surface area contributed by atoms with E-state index in [-0.39, 0.29) is 17.8 Å². The van der Waals surface area contributed by atoms with Crippen LogP contribution < -0.4 is 4.74 Å². The number of fused-ring (bicyclic) bond motifs is 1. The molecule has 2 aliphatic heterocycles. The highest BCUT2D eigenvalue weighted by atomic mass is 35.5. The zero-order valence-corrected chi connectivity index (χ0v) is 23.3. The number of esters is 1. The molecule has 1 aromatic heterocycles. The van der Waals surface area contributed by atoms with Crippen molar-refractivity contribution in [2.75, 3.05) is 33.4 Å². The van der Waals surface area contributed by atoms with Crippen molar-refractivity contribution in [1.29, 1.82) is 0 Å². The maximum atomic E-state index is 14.1. The fraction of sp³-hybridized carbons (Fsp3) is 0.419. The van der Waals surface area contributed by atoms with E-state index in [1.807, 2.05) is 12.1 Å². The molecule has 3 aliphatic rings. The van der Waals surface area contributed by atoms with Crippen molar-refractivity contribution in [3.63, 3.8) is 0 Å². The summed E-state index contributed by atoms with van der Waals surface area (Å²) in [5.74, 6) is 1.33. The number of halogens is 2. The quantitative estimate of drug-likeness (QED) is 0.305. The van der Waals surface area contributed by atoms with Crippen LogP contribution in [0, 0.1) is 17.7 Å². The van der Waals surface area contributed by atoms with Gasteiger partial charge in [0.25, 0.3) is 0 Å². The van der Waals surface area contributed by atoms with Gasteiger partial charge >= 0.3 is 5.97 Å². The minimum absolute atomic E-state index is 0.172. The molecule has 1 unspecified atom stereocenters. The molecular formula is C31H33ClFN3O4. The lowest BCUT2D eigenvalue weighted by molar-refractivity contribution is -0.0591. The SMILES string of the molecule is COC(=O)c1ccc2nc(CN3CC[C@@H](C4C=C(COc5ccc(Cl)cc5F)C=CC4)C3)n(C[C@@H]3CCO3)c2c1. The summed E-state index contributed by atoms with van der Waals surface area (Å²) >= 11 is 5.85. The van der Waals surface area contributed by atoms with E-state index in [9.17, 15) is 9.18 Å². The number of allylic oxidation sites excluding steroid dienone is 2. The van der Waals surface area contributed by atoms with E-state index in [1.54, 1.807) is 18.2 Å². The lowest BCUT2D eigenvalue weighted by Crippen LogP contribution is -2.32. The molecule has 3 atom stereocenters. The number of aromatic nitrogens is 2. The molecule has 2 saturated heterocycles. The van der Waals surface area contributed by atoms with E-state index < -0.39 is 5.82 Å². The number of carbonyl (C=O) groups is 1. The van der Waals surface area contributed by atoms with E-state index in [4.69, 9.17) is 30.8 Å². The lowest BCUT2D eigenvalue weighted by Gasteiger charge is -2.28. The van der Waals surface area contributed by atoms with Crippen LogP contribution in [0.15, 0.2) is 60.2 Å². The molecule has 3 aromatic rings. The van der Waals surface area contributed by atoms with E-state index in [2.05, 4.69) is 27.7 Å². The third kappa shape index (κ3) is 5.80. The van der Waals surface area contributed by atoms with Gasteiger partial charge in [0.15, 0.2) is 11.6 Å². The number of nitrogens with zero attached hydrogens (tertiary/aromatic N) is 3. The predicted molar refractivity (Wildman–Crippen MR) is 151 cm³/mol. The second-order valence-electron chi connectivity index (χ2n) is 10.8. The zero-order valence-electron chi connectivity index (χ0n) is 22.5. The molecule has 1 aliphatic carbocycles. The number of hydrogen-bond donors (Lipinski definition) is 0. The first-order chi connectivity index (χ1) is 19.5. The van der Waals surface area contributed by atoms with E-state index in [1.165, 1.54) is 13.2 Å². The topological polar surface area (TPSA) is 65.8 Å². The number of ether oxygens (including phenoxy) is 3. The Bertz CT molecular complexity index is 1460. The van der Waals surface area contributed by atoms with Crippen LogP contribution in [0.5, 0.6) is 5.75 Å². The average molecular weight is 566 g/mol. The summed E-state index contributed by atoms with van der Waals surface area (Å²) in [5, 5.41) is 0.352. The number of rotatable bonds is 9. The van der Waals surface area contributed by atoms with Crippen molar-refractivity contribution in [2.24, 2.45) is 11.8 Å². The molecule has 2 aromatic carbocycles. The smallest absolute Gasteiger partial charge is 0.337 e. The van der Waals surface area contributed by atoms with Crippen molar-refractivity contribution in [2.45, 2.75) is 38.5 Å². The number of likely N-dealkylation sites (tertiary alicyclic amines) is 1. The Hall–Kier alpha value is -3.20. The van der Waals surface area contributed by atoms with Crippen molar-refractivity contribution in [1.82, 2.24) is 14.5 Å². The van der Waals surface area contributed by atoms with Crippen molar-refractivity contribution < 1.29 is 23.4 Å². The van der Waals surface area contributed by atoms with Crippen molar-refractivity contribution >= 4 is 28.6 Å². The average Bonchev–Trinajstić information content (AvgIpc) is 3.54. The molecule has 3 heterocycles. The highest BCUT2D eigenvalue weighted by Crippen LogP contribution is 2.33. The molecule has 6 rings (SSSR count). The third-order valence-electron chi connectivity index (χ3n) is 8.16. The summed E-state index contributed by atoms with van der Waals surface area (Å²) in [4.78, 5) is 19.6. The number of imidazole rings is 1. The number of hydrogen-bond acceptors (Lipinski definition) is 6. The van der Waals surface area contributed by atoms with Crippen LogP contribution in [0.1, 0.15) is 35.4 Å². The molecule has 0 radical (unpaired) electrons. The summed E-state index contributed by atoms with van der Waals surface area (Å²) in [6, 6.07) is 10.0. The minimum atomic E-state index is -0.452. The summed E-state index contributed by atoms with van der Waals surface area (Å²) in [6.07, 6.45) is 9.86. The number of carbonyl (C=O) groups excluding carboxylic acids is 1. The van der Waals surface area contributed by atoms with Gasteiger partial charge in [-0.1, -0.05) is 29.8 Å². The van der Waals surface area contributed by atoms with Crippen LogP contribution in [-0.2, 0) is 22.6 Å². The highest BCUT2D eigenvalue weighted by molar-refractivity contribution is 6.30. The zero-order chi connectivity index (χ0) is 27.6. The molecule has 0 amide bonds. The van der Waals surface area contributed by atoms with Crippen LogP contribution in [0.25, 0.3) is 11.0 Å². The molecular weight excluding hydrogens is 533 g/mol. The fourth-order valence-corrected chi connectivity index (χ4v) is 6.04. The Morgan fingerprint density at radius 2 is 2.10 bits per heavy atom. The van der Waals surface area contributed by atoms with Crippen LogP contribution in [0.4, 0.5) is 4.39 Å². The maximum Gasteiger partial charge on any atom is 0.337 e. The Balaban J connectivity index is 1.13. The molecule has 0 bridgehead atoms. The monoisotopic (exact) mass is 565 g/mol. The molecule has 2 fully saturated rings. The molecule has 0 spiro atoms. The van der Waals surface area contributed by atoms with Gasteiger partial charge in [-0.05, 0) is 79.6 Å². The Labute approximate surface area is 238 Å². The Kier molecular flexibility index (Phi) is 7.91. The maximum absolute atomic E-state index is 14.1. The molecule has 0 N–H and O–H groups in total. The van der Waals surface area contributed by atoms with Gasteiger partial charge in [-0.2, -0.15) is 0 Å². The van der Waals surface area contributed by atoms with Crippen molar-refractivity contribution in [3.05, 3.63) is 82.4 Å². The van der Waals surface area contributed by atoms with Gasteiger partial charge in [0, 0.05) is 18.2 Å². The number of benzene rings is 2. The van der Waals surface area contributed by atoms with Gasteiger partial charge in [0.2, 0.25) is 0 Å². The van der Waals surface area contributed by atoms with Crippen LogP contribution in [0.2, 0.25) is 5.02 Å². The fourth-order valence-electron chi connectivity index (χ4n) is 5.88. The first-order valence-corrected chi connectivity index (χ1v) is 14.2. The van der Waals surface area contributed by atoms with E-state index >= 15 is 0 Å². The predicted octanol–water partition coefficient (Wildman–Crippen LogP) is 5.81. The lowest BCUT2D eigenvalue weighted by atomic mass is 9.84. The highest BCUT2D eigenvalue weighted by Gasteiger charge is 2.31. The first-order valence-electron chi connectivity index (χ1n) is 13.8. The van der Waals surface area contributed by atoms with Crippen molar-refractivity contribution in [3.8, 4) is 5.75 Å². The van der Waals surface area contributed by atoms with E-state index in [0.29, 0.717) is 29.0 Å². The van der Waals surface area contributed by atoms with Gasteiger partial charge < -0.3 is 18.8 Å². The van der Waals surface area contributed by atoms with Gasteiger partial charge in [-0.3, -0.25) is 4.90 Å². The normalized spacial score (nSPS) is 22.8. The molecule has 210 valence electrons. The number of methoxy groups -OCH3 is 1. The van der Waals surface area contributed by atoms with E-state index in [0.717, 1.165) is 74.5 Å². The molecule has 40 heavy (non-hydrogen) atoms. The first kappa shape index (κ1) is 27.0. The van der Waals surface area contributed by atoms with Crippen LogP contribution >= 0.6 is 11.6 Å². The summed E-state index contributed by atoms with van der Waals surface area (Å²) < 4.78 is 32.8. The van der Waals surface area contributed by atoms with Gasteiger partial charge in [-0.15, -0.1) is 0 Å². The van der Waals surface area contributed by atoms with Crippen LogP contribution in [-0.4, -0.2) is 59.9 Å². The molecule has 7 nitrogen and oxygen atoms in total. The van der Waals surface area contributed by atoms with Gasteiger partial charge in [0.1, 0.15) is 12.4 Å². The van der Waals surface area contributed by atoms with Gasteiger partial charge in [0.05, 0.1) is 42.9 Å². The third-order valence-corrected chi connectivity index (χ3v) is 8.40. The Morgan fingerprint density at radius 3 is 2.88 bits per heavy atom. The standard InChI is InChI=1S/C31H33ClFN3O4/c1-38-31(37)22-5-7-27-28(14-22)36(17-25-10-12-39-25)30(34-27)18-35-11-9-23(16-35)21-4-2-3-20(13-21)19-40-29-8-6-24(32)15-26(29)33/h2-3,5-8,13-15,21,23,25H,4,9-12,16-19H2,1H3/t21?,23-,25+/m1/s1. The summed E-state index contributed by atoms with van der Waals surface area (Å²) in [7, 11) is 1.40. The summed E-state index contributed by atoms with van der Waals surface area (Å²) in [5.41, 5.74) is 3.40. The minimum Gasteiger partial charge on any atom is -0.486 e. The summed E-state index contributed by atoms with van der Waals surface area (Å²) in [6.45, 7) is 4.55. The largest absolute Gasteiger partial charge is 0.486 e.